The molecule has 51 heavy (non-hydrogen) atoms. The van der Waals surface area contributed by atoms with Crippen molar-refractivity contribution in [3.8, 4) is 11.5 Å². The van der Waals surface area contributed by atoms with Crippen molar-refractivity contribution in [2.45, 2.75) is 51.8 Å². The van der Waals surface area contributed by atoms with Crippen molar-refractivity contribution in [1.29, 1.82) is 0 Å². The molecule has 0 saturated carbocycles. The zero-order valence-corrected chi connectivity index (χ0v) is 28.9. The average molecular weight is 709 g/mol. The maximum Gasteiger partial charge on any atom is 0.420 e. The molecule has 2 aromatic heterocycles. The Kier molecular flexibility index (Phi) is 11.9. The summed E-state index contributed by atoms with van der Waals surface area (Å²) in [6.07, 6.45) is 2.53. The van der Waals surface area contributed by atoms with Crippen LogP contribution in [0.25, 0.3) is 11.0 Å². The molecule has 0 aliphatic heterocycles. The minimum absolute atomic E-state index is 0.0502. The first-order chi connectivity index (χ1) is 24.1. The Morgan fingerprint density at radius 3 is 2.39 bits per heavy atom. The van der Waals surface area contributed by atoms with E-state index in [0.29, 0.717) is 6.07 Å². The number of para-hydroxylation sites is 1. The summed E-state index contributed by atoms with van der Waals surface area (Å²) in [6.45, 7) is 4.34. The molecule has 0 unspecified atom stereocenters. The van der Waals surface area contributed by atoms with Crippen molar-refractivity contribution in [3.63, 3.8) is 0 Å². The number of pyridine rings is 1. The molecule has 0 radical (unpaired) electrons. The van der Waals surface area contributed by atoms with Crippen molar-refractivity contribution in [2.24, 2.45) is 0 Å². The molecule has 3 amide bonds. The molecule has 14 nitrogen and oxygen atoms in total. The highest BCUT2D eigenvalue weighted by atomic mass is 19.1. The number of halogens is 2. The van der Waals surface area contributed by atoms with E-state index in [0.717, 1.165) is 16.2 Å². The Morgan fingerprint density at radius 2 is 1.75 bits per heavy atom. The third-order valence-corrected chi connectivity index (χ3v) is 7.10. The number of imidazole rings is 1. The Morgan fingerprint density at radius 1 is 1.04 bits per heavy atom. The van der Waals surface area contributed by atoms with Gasteiger partial charge in [0.25, 0.3) is 5.56 Å². The molecule has 0 fully saturated rings. The zero-order chi connectivity index (χ0) is 37.5. The van der Waals surface area contributed by atoms with Gasteiger partial charge in [0.15, 0.2) is 17.4 Å². The summed E-state index contributed by atoms with van der Waals surface area (Å²) in [6, 6.07) is 10.3. The Hall–Kier alpha value is -6.06. The van der Waals surface area contributed by atoms with Gasteiger partial charge in [0.1, 0.15) is 39.9 Å². The highest BCUT2D eigenvalue weighted by molar-refractivity contribution is 5.96. The van der Waals surface area contributed by atoms with E-state index in [1.165, 1.54) is 29.3 Å². The number of amides is 3. The van der Waals surface area contributed by atoms with Crippen LogP contribution >= 0.6 is 0 Å². The third-order valence-electron chi connectivity index (χ3n) is 7.10. The Balaban J connectivity index is 1.71. The molecule has 0 bridgehead atoms. The maximum atomic E-state index is 15.5. The quantitative estimate of drug-likeness (QED) is 0.200. The van der Waals surface area contributed by atoms with E-state index < -0.39 is 64.7 Å². The lowest BCUT2D eigenvalue weighted by Crippen LogP contribution is -2.44. The first-order valence-electron chi connectivity index (χ1n) is 15.7. The molecule has 0 spiro atoms. The van der Waals surface area contributed by atoms with Crippen LogP contribution in [0.15, 0.2) is 71.7 Å². The molecular formula is C35H38F2N6O8. The van der Waals surface area contributed by atoms with Crippen LogP contribution in [0.2, 0.25) is 0 Å². The molecule has 2 N–H and O–H groups in total. The van der Waals surface area contributed by atoms with Crippen LogP contribution in [0.3, 0.4) is 0 Å². The van der Waals surface area contributed by atoms with E-state index in [9.17, 15) is 24.0 Å². The number of nitrogens with one attached hydrogen (secondary N) is 2. The number of anilines is 1. The predicted molar refractivity (Wildman–Crippen MR) is 183 cm³/mol. The van der Waals surface area contributed by atoms with Crippen molar-refractivity contribution in [3.05, 3.63) is 94.7 Å². The maximum absolute atomic E-state index is 15.5. The van der Waals surface area contributed by atoms with Gasteiger partial charge in [-0.1, -0.05) is 24.3 Å². The van der Waals surface area contributed by atoms with Gasteiger partial charge in [-0.2, -0.15) is 0 Å². The number of benzene rings is 2. The summed E-state index contributed by atoms with van der Waals surface area (Å²) < 4.78 is 48.5. The monoisotopic (exact) mass is 708 g/mol. The largest absolute Gasteiger partial charge is 0.453 e. The first kappa shape index (κ1) is 37.8. The number of carbonyl (C=O) groups is 4. The molecule has 0 aliphatic carbocycles. The number of allylic oxidation sites excluding steroid dienone is 1. The number of nitrogens with zero attached hydrogens (tertiary/aromatic N) is 4. The number of methoxy groups -OCH3 is 1. The fourth-order valence-electron chi connectivity index (χ4n) is 4.71. The minimum Gasteiger partial charge on any atom is -0.453 e. The standard InChI is InChI=1S/C35H38F2N6O8/c1-35(2,3)51-34(48)43-26(40-28-29(43)22(36)19-23(37)30(28)50-21-13-8-7-9-14-21)20-42-18-12-16-25(32(42)46)38-31(45)24(39-33(47)49-6)15-10-11-17-27(44)41(4)5/h7-9,11-14,16-19,24H,10,15,20H2,1-6H3,(H,38,45)(H,39,47)/b17-11+/t24-/m0/s1. The second-order valence-corrected chi connectivity index (χ2v) is 12.4. The normalized spacial score (nSPS) is 12.0. The van der Waals surface area contributed by atoms with E-state index in [4.69, 9.17) is 9.47 Å². The van der Waals surface area contributed by atoms with Gasteiger partial charge in [-0.15, -0.1) is 0 Å². The average Bonchev–Trinajstić information content (AvgIpc) is 3.45. The number of fused-ring (bicyclic) bond motifs is 1. The van der Waals surface area contributed by atoms with Crippen molar-refractivity contribution < 1.29 is 42.2 Å². The topological polar surface area (TPSA) is 163 Å². The molecule has 0 aliphatic rings. The fourth-order valence-corrected chi connectivity index (χ4v) is 4.71. The van der Waals surface area contributed by atoms with E-state index >= 15 is 8.78 Å². The Labute approximate surface area is 291 Å². The van der Waals surface area contributed by atoms with E-state index in [1.807, 2.05) is 0 Å². The summed E-state index contributed by atoms with van der Waals surface area (Å²) in [5.74, 6) is -3.70. The molecule has 270 valence electrons. The summed E-state index contributed by atoms with van der Waals surface area (Å²) >= 11 is 0. The van der Waals surface area contributed by atoms with Gasteiger partial charge in [-0.25, -0.2) is 27.9 Å². The van der Waals surface area contributed by atoms with Gasteiger partial charge in [0.05, 0.1) is 13.7 Å². The van der Waals surface area contributed by atoms with Gasteiger partial charge >= 0.3 is 12.2 Å². The fraction of sp³-hybridized carbons (Fsp3) is 0.314. The lowest BCUT2D eigenvalue weighted by atomic mass is 10.1. The highest BCUT2D eigenvalue weighted by Crippen LogP contribution is 2.35. The van der Waals surface area contributed by atoms with Crippen molar-refractivity contribution in [2.75, 3.05) is 26.5 Å². The van der Waals surface area contributed by atoms with Crippen LogP contribution < -0.4 is 20.9 Å². The van der Waals surface area contributed by atoms with Crippen molar-refractivity contribution in [1.82, 2.24) is 24.3 Å². The first-order valence-corrected chi connectivity index (χ1v) is 15.7. The van der Waals surface area contributed by atoms with Crippen LogP contribution in [-0.2, 0) is 25.6 Å². The Bertz CT molecular complexity index is 2020. The van der Waals surface area contributed by atoms with Crippen LogP contribution in [0.1, 0.15) is 39.4 Å². The molecule has 1 atom stereocenters. The van der Waals surface area contributed by atoms with Crippen LogP contribution in [0, 0.1) is 11.6 Å². The third kappa shape index (κ3) is 9.55. The number of aromatic nitrogens is 3. The molecule has 16 heteroatoms. The van der Waals surface area contributed by atoms with Crippen LogP contribution in [0.5, 0.6) is 11.5 Å². The molecule has 2 aromatic carbocycles. The lowest BCUT2D eigenvalue weighted by molar-refractivity contribution is -0.123. The number of hydrogen-bond donors (Lipinski definition) is 2. The number of alkyl carbamates (subject to hydrolysis) is 1. The number of likely N-dealkylation sites (N-methyl/N-ethyl adjacent to an activating group) is 1. The summed E-state index contributed by atoms with van der Waals surface area (Å²) in [7, 11) is 4.28. The number of carbonyl (C=O) groups excluding carboxylic acids is 4. The van der Waals surface area contributed by atoms with Gasteiger partial charge in [-0.3, -0.25) is 14.4 Å². The number of hydrogen-bond acceptors (Lipinski definition) is 9. The van der Waals surface area contributed by atoms with Crippen LogP contribution in [0.4, 0.5) is 24.1 Å². The highest BCUT2D eigenvalue weighted by Gasteiger charge is 2.29. The lowest BCUT2D eigenvalue weighted by Gasteiger charge is -2.21. The van der Waals surface area contributed by atoms with Gasteiger partial charge in [0.2, 0.25) is 11.8 Å². The van der Waals surface area contributed by atoms with Gasteiger partial charge in [-0.05, 0) is 64.0 Å². The predicted octanol–water partition coefficient (Wildman–Crippen LogP) is 5.19. The van der Waals surface area contributed by atoms with Crippen molar-refractivity contribution >= 4 is 40.7 Å². The SMILES string of the molecule is COC(=O)N[C@@H](CC/C=C/C(=O)N(C)C)C(=O)Nc1cccn(Cc2nc3c(Oc4ccccc4)c(F)cc(F)c3n2C(=O)OC(C)(C)C)c1=O. The summed E-state index contributed by atoms with van der Waals surface area (Å²) in [5, 5.41) is 4.89. The number of ether oxygens (including phenoxy) is 3. The van der Waals surface area contributed by atoms with E-state index in [-0.39, 0.29) is 41.5 Å². The minimum atomic E-state index is -1.16. The smallest absolute Gasteiger partial charge is 0.420 e. The molecule has 0 saturated heterocycles. The second-order valence-electron chi connectivity index (χ2n) is 12.4. The summed E-state index contributed by atoms with van der Waals surface area (Å²) in [5.41, 5.74) is -2.77. The molecule has 4 rings (SSSR count). The molecule has 4 aromatic rings. The van der Waals surface area contributed by atoms with E-state index in [2.05, 4.69) is 20.4 Å². The molecule has 2 heterocycles. The van der Waals surface area contributed by atoms with Crippen LogP contribution in [-0.4, -0.2) is 75.9 Å². The molecular weight excluding hydrogens is 670 g/mol. The number of rotatable bonds is 11. The zero-order valence-electron chi connectivity index (χ0n) is 28.9. The second kappa shape index (κ2) is 16.1. The van der Waals surface area contributed by atoms with Gasteiger partial charge in [0, 0.05) is 26.4 Å². The van der Waals surface area contributed by atoms with Gasteiger partial charge < -0.3 is 34.3 Å². The van der Waals surface area contributed by atoms with E-state index in [1.54, 1.807) is 71.3 Å². The summed E-state index contributed by atoms with van der Waals surface area (Å²) in [4.78, 5) is 70.0.